The number of methoxy groups -OCH3 is 1. The fourth-order valence-electron chi connectivity index (χ4n) is 3.63. The average Bonchev–Trinajstić information content (AvgIpc) is 3.06. The smallest absolute Gasteiger partial charge is 0.308 e. The highest BCUT2D eigenvalue weighted by molar-refractivity contribution is 14.1. The fourth-order valence-corrected chi connectivity index (χ4v) is 4.79. The summed E-state index contributed by atoms with van der Waals surface area (Å²) in [7, 11) is 0.127. The van der Waals surface area contributed by atoms with E-state index in [4.69, 9.17) is 14.2 Å². The summed E-state index contributed by atoms with van der Waals surface area (Å²) in [6.45, 7) is 7.44. The fraction of sp³-hybridized carbons (Fsp3) is 0.619. The van der Waals surface area contributed by atoms with Gasteiger partial charge >= 0.3 is 5.97 Å². The molecule has 0 bridgehead atoms. The summed E-state index contributed by atoms with van der Waals surface area (Å²) >= 11 is 1.64. The van der Waals surface area contributed by atoms with Crippen LogP contribution in [0.2, 0.25) is 25.7 Å². The van der Waals surface area contributed by atoms with Gasteiger partial charge < -0.3 is 14.2 Å². The van der Waals surface area contributed by atoms with E-state index in [0.29, 0.717) is 37.8 Å². The number of benzene rings is 1. The average molecular weight is 566 g/mol. The van der Waals surface area contributed by atoms with Crippen LogP contribution in [0.1, 0.15) is 25.7 Å². The Labute approximate surface area is 195 Å². The van der Waals surface area contributed by atoms with Gasteiger partial charge in [-0.25, -0.2) is 8.78 Å². The molecule has 3 rings (SSSR count). The largest absolute Gasteiger partial charge is 0.469 e. The lowest BCUT2D eigenvalue weighted by molar-refractivity contribution is -0.147. The number of esters is 1. The van der Waals surface area contributed by atoms with Crippen LogP contribution in [-0.4, -0.2) is 43.4 Å². The van der Waals surface area contributed by atoms with Gasteiger partial charge in [0.25, 0.3) is 6.01 Å². The van der Waals surface area contributed by atoms with Crippen LogP contribution in [0.4, 0.5) is 8.78 Å². The molecule has 1 aliphatic carbocycles. The minimum absolute atomic E-state index is 0.0674. The Hall–Kier alpha value is -1.27. The lowest BCUT2D eigenvalue weighted by Crippen LogP contribution is -2.29. The van der Waals surface area contributed by atoms with Crippen LogP contribution < -0.4 is 4.74 Å². The van der Waals surface area contributed by atoms with Gasteiger partial charge in [-0.3, -0.25) is 9.36 Å². The van der Waals surface area contributed by atoms with Crippen LogP contribution in [-0.2, 0) is 21.0 Å². The van der Waals surface area contributed by atoms with E-state index in [1.54, 1.807) is 27.2 Å². The van der Waals surface area contributed by atoms with Crippen LogP contribution in [0.3, 0.4) is 0 Å². The Bertz CT molecular complexity index is 940. The second-order valence-electron chi connectivity index (χ2n) is 9.14. The van der Waals surface area contributed by atoms with E-state index in [1.807, 2.05) is 0 Å². The standard InChI is InChI=1S/C21H29F2IN2O4Si/c1-28-20(27)13-5-7-14(8-6-13)30-21-25-19-16(11-15(22)18(24)17(19)23)26(21)12-29-9-10-31(2,3)4/h11,13-14H,5-10,12H2,1-4H3/t13-,14-. The number of aromatic nitrogens is 2. The number of carbonyl (C=O) groups is 1. The van der Waals surface area contributed by atoms with Crippen molar-refractivity contribution in [1.29, 1.82) is 0 Å². The Morgan fingerprint density at radius 2 is 1.94 bits per heavy atom. The molecule has 10 heteroatoms. The third kappa shape index (κ3) is 5.95. The van der Waals surface area contributed by atoms with Gasteiger partial charge in [-0.1, -0.05) is 19.6 Å². The molecule has 1 aromatic heterocycles. The first-order chi connectivity index (χ1) is 14.6. The number of hydrogen-bond donors (Lipinski definition) is 0. The molecule has 1 saturated carbocycles. The molecule has 2 aromatic rings. The van der Waals surface area contributed by atoms with Crippen LogP contribution in [0.25, 0.3) is 11.0 Å². The number of rotatable bonds is 8. The lowest BCUT2D eigenvalue weighted by atomic mass is 9.87. The zero-order valence-corrected chi connectivity index (χ0v) is 21.5. The van der Waals surface area contributed by atoms with E-state index >= 15 is 0 Å². The maximum atomic E-state index is 14.7. The Balaban J connectivity index is 1.80. The third-order valence-corrected chi connectivity index (χ3v) is 8.24. The Morgan fingerprint density at radius 3 is 2.55 bits per heavy atom. The third-order valence-electron chi connectivity index (χ3n) is 5.54. The van der Waals surface area contributed by atoms with Crippen LogP contribution in [0.5, 0.6) is 6.01 Å². The summed E-state index contributed by atoms with van der Waals surface area (Å²) in [5.41, 5.74) is 0.375. The zero-order chi connectivity index (χ0) is 22.8. The van der Waals surface area contributed by atoms with Crippen LogP contribution in [0, 0.1) is 21.1 Å². The summed E-state index contributed by atoms with van der Waals surface area (Å²) in [5, 5.41) is 0. The van der Waals surface area contributed by atoms with Crippen molar-refractivity contribution in [2.45, 2.75) is 64.2 Å². The van der Waals surface area contributed by atoms with Crippen molar-refractivity contribution in [3.05, 3.63) is 21.3 Å². The molecule has 0 unspecified atom stereocenters. The van der Waals surface area contributed by atoms with E-state index in [-0.39, 0.29) is 39.8 Å². The molecule has 6 nitrogen and oxygen atoms in total. The first-order valence-electron chi connectivity index (χ1n) is 10.5. The molecule has 0 N–H and O–H groups in total. The Kier molecular flexibility index (Phi) is 7.95. The molecular weight excluding hydrogens is 537 g/mol. The van der Waals surface area contributed by atoms with Crippen LogP contribution in [0.15, 0.2) is 6.07 Å². The number of ether oxygens (including phenoxy) is 3. The second-order valence-corrected chi connectivity index (χ2v) is 15.8. The molecule has 31 heavy (non-hydrogen) atoms. The van der Waals surface area contributed by atoms with Gasteiger partial charge in [-0.15, -0.1) is 0 Å². The van der Waals surface area contributed by atoms with Crippen molar-refractivity contribution in [2.75, 3.05) is 13.7 Å². The van der Waals surface area contributed by atoms with Gasteiger partial charge in [-0.05, 0) is 54.3 Å². The van der Waals surface area contributed by atoms with Gasteiger partial charge in [0, 0.05) is 20.7 Å². The SMILES string of the molecule is COC(=O)[C@H]1CC[C@H](Oc2nc3c(F)c(I)c(F)cc3n2COCC[Si](C)(C)C)CC1. The molecule has 1 aliphatic rings. The van der Waals surface area contributed by atoms with E-state index < -0.39 is 19.7 Å². The summed E-state index contributed by atoms with van der Waals surface area (Å²) < 4.78 is 47.2. The molecule has 0 aliphatic heterocycles. The van der Waals surface area contributed by atoms with Crippen molar-refractivity contribution < 1.29 is 27.8 Å². The monoisotopic (exact) mass is 566 g/mol. The summed E-state index contributed by atoms with van der Waals surface area (Å²) in [5.74, 6) is -1.66. The molecule has 1 heterocycles. The predicted molar refractivity (Wildman–Crippen MR) is 125 cm³/mol. The van der Waals surface area contributed by atoms with Gasteiger partial charge in [0.05, 0.1) is 22.1 Å². The topological polar surface area (TPSA) is 62.6 Å². The van der Waals surface area contributed by atoms with Gasteiger partial charge in [0.2, 0.25) is 0 Å². The molecule has 1 aromatic carbocycles. The highest BCUT2D eigenvalue weighted by Crippen LogP contribution is 2.32. The number of nitrogens with zero attached hydrogens (tertiary/aromatic N) is 2. The minimum atomic E-state index is -1.27. The number of carbonyl (C=O) groups excluding carboxylic acids is 1. The first kappa shape index (κ1) is 24.4. The maximum absolute atomic E-state index is 14.7. The van der Waals surface area contributed by atoms with Crippen molar-refractivity contribution in [3.8, 4) is 6.01 Å². The quantitative estimate of drug-likeness (QED) is 0.142. The number of fused-ring (bicyclic) bond motifs is 1. The van der Waals surface area contributed by atoms with E-state index in [2.05, 4.69) is 24.6 Å². The molecule has 1 fully saturated rings. The van der Waals surface area contributed by atoms with Gasteiger partial charge in [0.15, 0.2) is 5.82 Å². The van der Waals surface area contributed by atoms with E-state index in [1.165, 1.54) is 13.2 Å². The molecular formula is C21H29F2IN2O4Si. The van der Waals surface area contributed by atoms with E-state index in [0.717, 1.165) is 6.04 Å². The summed E-state index contributed by atoms with van der Waals surface area (Å²) in [4.78, 5) is 16.1. The van der Waals surface area contributed by atoms with Gasteiger partial charge in [0.1, 0.15) is 24.2 Å². The van der Waals surface area contributed by atoms with Gasteiger partial charge in [-0.2, -0.15) is 4.98 Å². The number of halogens is 3. The lowest BCUT2D eigenvalue weighted by Gasteiger charge is -2.27. The van der Waals surface area contributed by atoms with Crippen molar-refractivity contribution in [1.82, 2.24) is 9.55 Å². The molecule has 172 valence electrons. The number of hydrogen-bond acceptors (Lipinski definition) is 5. The summed E-state index contributed by atoms with van der Waals surface area (Å²) in [6.07, 6.45) is 2.48. The molecule has 0 saturated heterocycles. The summed E-state index contributed by atoms with van der Waals surface area (Å²) in [6, 6.07) is 2.47. The van der Waals surface area contributed by atoms with Crippen molar-refractivity contribution >= 4 is 47.7 Å². The first-order valence-corrected chi connectivity index (χ1v) is 15.2. The maximum Gasteiger partial charge on any atom is 0.308 e. The highest BCUT2D eigenvalue weighted by Gasteiger charge is 2.29. The van der Waals surface area contributed by atoms with Crippen molar-refractivity contribution in [3.63, 3.8) is 0 Å². The van der Waals surface area contributed by atoms with Crippen LogP contribution >= 0.6 is 22.6 Å². The molecule has 0 atom stereocenters. The highest BCUT2D eigenvalue weighted by atomic mass is 127. The Morgan fingerprint density at radius 1 is 1.26 bits per heavy atom. The minimum Gasteiger partial charge on any atom is -0.469 e. The second kappa shape index (κ2) is 10.1. The number of imidazole rings is 1. The molecule has 0 amide bonds. The zero-order valence-electron chi connectivity index (χ0n) is 18.3. The van der Waals surface area contributed by atoms with Crippen molar-refractivity contribution in [2.24, 2.45) is 5.92 Å². The van der Waals surface area contributed by atoms with E-state index in [9.17, 15) is 13.6 Å². The molecule has 0 radical (unpaired) electrons. The predicted octanol–water partition coefficient (Wildman–Crippen LogP) is 5.34. The molecule has 0 spiro atoms. The normalized spacial score (nSPS) is 19.6.